The first-order valence-corrected chi connectivity index (χ1v) is 10.4. The summed E-state index contributed by atoms with van der Waals surface area (Å²) in [5.74, 6) is -0.267. The van der Waals surface area contributed by atoms with Gasteiger partial charge in [-0.25, -0.2) is 0 Å². The van der Waals surface area contributed by atoms with Gasteiger partial charge in [-0.2, -0.15) is 0 Å². The monoisotopic (exact) mass is 412 g/mol. The fourth-order valence-corrected chi connectivity index (χ4v) is 3.73. The standard InChI is InChI=1S/C25H20N2O2S/c28-24(16-18-11-13-20(14-12-18)19-6-2-1-3-7-19)26-21-8-4-9-22(17-21)27-25(29)23-10-5-15-30-23/h1-15,17H,16H2,(H,26,28)(H,27,29). The second-order valence-electron chi connectivity index (χ2n) is 6.80. The average Bonchev–Trinajstić information content (AvgIpc) is 3.30. The van der Waals surface area contributed by atoms with Gasteiger partial charge in [-0.15, -0.1) is 11.3 Å². The van der Waals surface area contributed by atoms with Gasteiger partial charge >= 0.3 is 0 Å². The van der Waals surface area contributed by atoms with Crippen LogP contribution in [0, 0.1) is 0 Å². The summed E-state index contributed by atoms with van der Waals surface area (Å²) >= 11 is 1.38. The van der Waals surface area contributed by atoms with Crippen LogP contribution in [-0.2, 0) is 11.2 Å². The Hall–Kier alpha value is -3.70. The average molecular weight is 413 g/mol. The molecule has 0 fully saturated rings. The number of benzene rings is 3. The number of hydrogen-bond donors (Lipinski definition) is 2. The third-order valence-corrected chi connectivity index (χ3v) is 5.44. The molecule has 30 heavy (non-hydrogen) atoms. The van der Waals surface area contributed by atoms with Crippen LogP contribution < -0.4 is 10.6 Å². The van der Waals surface area contributed by atoms with Crippen LogP contribution in [0.2, 0.25) is 0 Å². The summed E-state index contributed by atoms with van der Waals surface area (Å²) in [6, 6.07) is 28.9. The van der Waals surface area contributed by atoms with Crippen LogP contribution in [-0.4, -0.2) is 11.8 Å². The van der Waals surface area contributed by atoms with Crippen molar-refractivity contribution in [2.45, 2.75) is 6.42 Å². The first-order valence-electron chi connectivity index (χ1n) is 9.56. The molecule has 0 radical (unpaired) electrons. The molecule has 1 aromatic heterocycles. The lowest BCUT2D eigenvalue weighted by Crippen LogP contribution is -2.15. The zero-order valence-corrected chi connectivity index (χ0v) is 17.0. The van der Waals surface area contributed by atoms with Gasteiger partial charge < -0.3 is 10.6 Å². The molecule has 0 atom stereocenters. The Balaban J connectivity index is 1.36. The van der Waals surface area contributed by atoms with Gasteiger partial charge in [0.25, 0.3) is 5.91 Å². The van der Waals surface area contributed by atoms with Gasteiger partial charge in [-0.3, -0.25) is 9.59 Å². The third-order valence-electron chi connectivity index (χ3n) is 4.57. The number of thiophene rings is 1. The highest BCUT2D eigenvalue weighted by Crippen LogP contribution is 2.20. The summed E-state index contributed by atoms with van der Waals surface area (Å²) in [7, 11) is 0. The highest BCUT2D eigenvalue weighted by atomic mass is 32.1. The van der Waals surface area contributed by atoms with Crippen molar-refractivity contribution in [1.82, 2.24) is 0 Å². The number of nitrogens with one attached hydrogen (secondary N) is 2. The number of rotatable bonds is 6. The maximum absolute atomic E-state index is 12.5. The van der Waals surface area contributed by atoms with E-state index in [-0.39, 0.29) is 18.2 Å². The lowest BCUT2D eigenvalue weighted by Gasteiger charge is -2.09. The number of amides is 2. The molecular formula is C25H20N2O2S. The molecule has 0 unspecified atom stereocenters. The summed E-state index contributed by atoms with van der Waals surface area (Å²) in [5, 5.41) is 7.61. The van der Waals surface area contributed by atoms with Gasteiger partial charge in [0.15, 0.2) is 0 Å². The van der Waals surface area contributed by atoms with Crippen molar-refractivity contribution >= 4 is 34.5 Å². The second-order valence-corrected chi connectivity index (χ2v) is 7.75. The van der Waals surface area contributed by atoms with E-state index < -0.39 is 0 Å². The summed E-state index contributed by atoms with van der Waals surface area (Å²) < 4.78 is 0. The van der Waals surface area contributed by atoms with Crippen molar-refractivity contribution in [2.24, 2.45) is 0 Å². The van der Waals surface area contributed by atoms with Gasteiger partial charge in [0.2, 0.25) is 5.91 Å². The summed E-state index contributed by atoms with van der Waals surface area (Å²) in [5.41, 5.74) is 4.49. The minimum Gasteiger partial charge on any atom is -0.326 e. The fourth-order valence-electron chi connectivity index (χ4n) is 3.11. The first kappa shape index (κ1) is 19.6. The van der Waals surface area contributed by atoms with Gasteiger partial charge in [0, 0.05) is 11.4 Å². The fraction of sp³-hybridized carbons (Fsp3) is 0.0400. The number of hydrogen-bond acceptors (Lipinski definition) is 3. The van der Waals surface area contributed by atoms with E-state index in [0.29, 0.717) is 16.3 Å². The van der Waals surface area contributed by atoms with Crippen LogP contribution in [0.15, 0.2) is 96.4 Å². The molecule has 4 nitrogen and oxygen atoms in total. The highest BCUT2D eigenvalue weighted by Gasteiger charge is 2.09. The van der Waals surface area contributed by atoms with E-state index in [0.717, 1.165) is 16.7 Å². The Kier molecular flexibility index (Phi) is 6.01. The van der Waals surface area contributed by atoms with Crippen molar-refractivity contribution in [2.75, 3.05) is 10.6 Å². The van der Waals surface area contributed by atoms with Crippen LogP contribution in [0.5, 0.6) is 0 Å². The molecule has 0 aliphatic carbocycles. The molecule has 1 heterocycles. The Morgan fingerprint density at radius 1 is 0.700 bits per heavy atom. The van der Waals surface area contributed by atoms with Crippen molar-refractivity contribution in [3.05, 3.63) is 107 Å². The van der Waals surface area contributed by atoms with E-state index in [1.807, 2.05) is 53.9 Å². The molecule has 2 N–H and O–H groups in total. The molecule has 0 aliphatic heterocycles. The summed E-state index contributed by atoms with van der Waals surface area (Å²) in [6.07, 6.45) is 0.279. The highest BCUT2D eigenvalue weighted by molar-refractivity contribution is 7.12. The molecule has 0 spiro atoms. The molecule has 4 aromatic rings. The molecule has 0 aliphatic rings. The Morgan fingerprint density at radius 2 is 1.40 bits per heavy atom. The quantitative estimate of drug-likeness (QED) is 0.417. The zero-order chi connectivity index (χ0) is 20.8. The third kappa shape index (κ3) is 5.01. The maximum atomic E-state index is 12.5. The molecule has 0 saturated carbocycles. The zero-order valence-electron chi connectivity index (χ0n) is 16.2. The van der Waals surface area contributed by atoms with Crippen LogP contribution in [0.1, 0.15) is 15.2 Å². The summed E-state index contributed by atoms with van der Waals surface area (Å²) in [6.45, 7) is 0. The smallest absolute Gasteiger partial charge is 0.265 e. The van der Waals surface area contributed by atoms with Crippen LogP contribution in [0.3, 0.4) is 0 Å². The van der Waals surface area contributed by atoms with E-state index >= 15 is 0 Å². The van der Waals surface area contributed by atoms with Crippen LogP contribution >= 0.6 is 11.3 Å². The van der Waals surface area contributed by atoms with Crippen LogP contribution in [0.25, 0.3) is 11.1 Å². The molecular weight excluding hydrogens is 392 g/mol. The van der Waals surface area contributed by atoms with Gasteiger partial charge in [-0.1, -0.05) is 66.7 Å². The largest absolute Gasteiger partial charge is 0.326 e. The predicted octanol–water partition coefficient (Wildman–Crippen LogP) is 5.85. The van der Waals surface area contributed by atoms with E-state index in [1.165, 1.54) is 11.3 Å². The molecule has 0 saturated heterocycles. The molecule has 0 bridgehead atoms. The van der Waals surface area contributed by atoms with E-state index in [1.54, 1.807) is 30.3 Å². The van der Waals surface area contributed by atoms with Crippen molar-refractivity contribution in [3.63, 3.8) is 0 Å². The van der Waals surface area contributed by atoms with E-state index in [4.69, 9.17) is 0 Å². The second kappa shape index (κ2) is 9.20. The Morgan fingerprint density at radius 3 is 2.10 bits per heavy atom. The lowest BCUT2D eigenvalue weighted by molar-refractivity contribution is -0.115. The SMILES string of the molecule is O=C(Cc1ccc(-c2ccccc2)cc1)Nc1cccc(NC(=O)c2cccs2)c1. The van der Waals surface area contributed by atoms with Gasteiger partial charge in [-0.05, 0) is 46.3 Å². The number of carbonyl (C=O) groups excluding carboxylic acids is 2. The Bertz CT molecular complexity index is 1140. The van der Waals surface area contributed by atoms with Gasteiger partial charge in [0.1, 0.15) is 0 Å². The Labute approximate surface area is 179 Å². The van der Waals surface area contributed by atoms with Crippen molar-refractivity contribution in [1.29, 1.82) is 0 Å². The van der Waals surface area contributed by atoms with E-state index in [9.17, 15) is 9.59 Å². The van der Waals surface area contributed by atoms with Crippen molar-refractivity contribution < 1.29 is 9.59 Å². The van der Waals surface area contributed by atoms with Crippen LogP contribution in [0.4, 0.5) is 11.4 Å². The lowest BCUT2D eigenvalue weighted by atomic mass is 10.0. The van der Waals surface area contributed by atoms with Crippen molar-refractivity contribution in [3.8, 4) is 11.1 Å². The van der Waals surface area contributed by atoms with E-state index in [2.05, 4.69) is 22.8 Å². The van der Waals surface area contributed by atoms with Gasteiger partial charge in [0.05, 0.1) is 11.3 Å². The number of carbonyl (C=O) groups is 2. The minimum absolute atomic E-state index is 0.107. The molecule has 2 amide bonds. The predicted molar refractivity (Wildman–Crippen MR) is 123 cm³/mol. The maximum Gasteiger partial charge on any atom is 0.265 e. The molecule has 148 valence electrons. The molecule has 3 aromatic carbocycles. The minimum atomic E-state index is -0.160. The topological polar surface area (TPSA) is 58.2 Å². The summed E-state index contributed by atoms with van der Waals surface area (Å²) in [4.78, 5) is 25.3. The first-order chi connectivity index (χ1) is 14.7. The molecule has 5 heteroatoms. The molecule has 4 rings (SSSR count). The normalized spacial score (nSPS) is 10.4. The number of anilines is 2.